The predicted octanol–water partition coefficient (Wildman–Crippen LogP) is 2.29. The summed E-state index contributed by atoms with van der Waals surface area (Å²) in [5, 5.41) is 7.43. The van der Waals surface area contributed by atoms with Crippen LogP contribution in [-0.4, -0.2) is 9.97 Å². The van der Waals surface area contributed by atoms with Crippen molar-refractivity contribution < 1.29 is 0 Å². The van der Waals surface area contributed by atoms with Gasteiger partial charge < -0.3 is 11.1 Å². The van der Waals surface area contributed by atoms with E-state index in [1.165, 1.54) is 5.56 Å². The molecule has 0 aliphatic heterocycles. The molecule has 0 amide bonds. The molecule has 2 aromatic rings. The highest BCUT2D eigenvalue weighted by Gasteiger charge is 2.06. The van der Waals surface area contributed by atoms with Crippen molar-refractivity contribution in [2.24, 2.45) is 0 Å². The Labute approximate surface area is 92.2 Å². The Morgan fingerprint density at radius 3 is 3.00 bits per heavy atom. The van der Waals surface area contributed by atoms with Gasteiger partial charge in [0.05, 0.1) is 6.04 Å². The second kappa shape index (κ2) is 4.27. The number of nitrogens with two attached hydrogens (primary N) is 1. The highest BCUT2D eigenvalue weighted by Crippen LogP contribution is 2.19. The zero-order valence-electron chi connectivity index (χ0n) is 8.34. The van der Waals surface area contributed by atoms with Crippen LogP contribution in [0.2, 0.25) is 0 Å². The zero-order valence-corrected chi connectivity index (χ0v) is 9.16. The van der Waals surface area contributed by atoms with Crippen molar-refractivity contribution in [3.63, 3.8) is 0 Å². The van der Waals surface area contributed by atoms with Crippen LogP contribution in [0.15, 0.2) is 29.1 Å². The first-order chi connectivity index (χ1) is 7.25. The van der Waals surface area contributed by atoms with E-state index in [4.69, 9.17) is 5.73 Å². The van der Waals surface area contributed by atoms with Gasteiger partial charge in [0.15, 0.2) is 0 Å². The van der Waals surface area contributed by atoms with Crippen molar-refractivity contribution in [2.75, 3.05) is 11.1 Å². The summed E-state index contributed by atoms with van der Waals surface area (Å²) in [6, 6.07) is 4.12. The molecule has 5 heteroatoms. The molecule has 4 nitrogen and oxygen atoms in total. The van der Waals surface area contributed by atoms with Gasteiger partial charge in [-0.05, 0) is 35.4 Å². The van der Waals surface area contributed by atoms with E-state index in [0.717, 1.165) is 5.82 Å². The molecule has 0 aliphatic carbocycles. The van der Waals surface area contributed by atoms with Gasteiger partial charge in [0.25, 0.3) is 0 Å². The van der Waals surface area contributed by atoms with Crippen LogP contribution in [0.5, 0.6) is 0 Å². The first-order valence-electron chi connectivity index (χ1n) is 4.63. The van der Waals surface area contributed by atoms with Crippen LogP contribution in [0.1, 0.15) is 18.5 Å². The Kier molecular flexibility index (Phi) is 2.82. The fourth-order valence-corrected chi connectivity index (χ4v) is 2.03. The molecule has 1 atom stereocenters. The maximum absolute atomic E-state index is 5.49. The molecule has 2 aromatic heterocycles. The van der Waals surface area contributed by atoms with Crippen LogP contribution in [0, 0.1) is 0 Å². The quantitative estimate of drug-likeness (QED) is 0.833. The van der Waals surface area contributed by atoms with E-state index in [9.17, 15) is 0 Å². The topological polar surface area (TPSA) is 63.8 Å². The highest BCUT2D eigenvalue weighted by atomic mass is 32.1. The summed E-state index contributed by atoms with van der Waals surface area (Å²) in [5.74, 6) is 1.04. The van der Waals surface area contributed by atoms with Crippen molar-refractivity contribution in [2.45, 2.75) is 13.0 Å². The van der Waals surface area contributed by atoms with Gasteiger partial charge in [-0.25, -0.2) is 4.98 Å². The summed E-state index contributed by atoms with van der Waals surface area (Å²) in [6.45, 7) is 2.08. The first kappa shape index (κ1) is 9.92. The monoisotopic (exact) mass is 220 g/mol. The Morgan fingerprint density at radius 1 is 1.47 bits per heavy atom. The molecule has 15 heavy (non-hydrogen) atoms. The summed E-state index contributed by atoms with van der Waals surface area (Å²) >= 11 is 1.68. The third-order valence-electron chi connectivity index (χ3n) is 2.08. The number of nitrogens with one attached hydrogen (secondary N) is 1. The number of thiophene rings is 1. The molecule has 0 spiro atoms. The predicted molar refractivity (Wildman–Crippen MR) is 62.8 cm³/mol. The van der Waals surface area contributed by atoms with Crippen molar-refractivity contribution in [1.29, 1.82) is 0 Å². The smallest absolute Gasteiger partial charge is 0.221 e. The lowest BCUT2D eigenvalue weighted by Crippen LogP contribution is -2.08. The van der Waals surface area contributed by atoms with Gasteiger partial charge in [0.1, 0.15) is 5.82 Å². The third-order valence-corrected chi connectivity index (χ3v) is 2.78. The van der Waals surface area contributed by atoms with Gasteiger partial charge in [-0.1, -0.05) is 0 Å². The molecular formula is C10H12N4S. The lowest BCUT2D eigenvalue weighted by molar-refractivity contribution is 0.878. The molecule has 78 valence electrons. The normalized spacial score (nSPS) is 12.3. The molecule has 0 radical (unpaired) electrons. The largest absolute Gasteiger partial charge is 0.368 e. The number of hydrogen-bond acceptors (Lipinski definition) is 5. The molecule has 0 saturated carbocycles. The van der Waals surface area contributed by atoms with Crippen LogP contribution in [0.4, 0.5) is 11.8 Å². The van der Waals surface area contributed by atoms with Crippen LogP contribution in [0.3, 0.4) is 0 Å². The van der Waals surface area contributed by atoms with Gasteiger partial charge >= 0.3 is 0 Å². The van der Waals surface area contributed by atoms with E-state index in [-0.39, 0.29) is 12.0 Å². The molecule has 2 heterocycles. The van der Waals surface area contributed by atoms with Crippen LogP contribution < -0.4 is 11.1 Å². The summed E-state index contributed by atoms with van der Waals surface area (Å²) in [7, 11) is 0. The van der Waals surface area contributed by atoms with Gasteiger partial charge in [-0.15, -0.1) is 0 Å². The van der Waals surface area contributed by atoms with Gasteiger partial charge in [-0.2, -0.15) is 16.3 Å². The minimum Gasteiger partial charge on any atom is -0.368 e. The summed E-state index contributed by atoms with van der Waals surface area (Å²) in [5.41, 5.74) is 6.74. The minimum atomic E-state index is 0.227. The fourth-order valence-electron chi connectivity index (χ4n) is 1.28. The SMILES string of the molecule is CC(Nc1ccnc(N)n1)c1ccsc1. The van der Waals surface area contributed by atoms with Crippen molar-refractivity contribution in [1.82, 2.24) is 9.97 Å². The standard InChI is InChI=1S/C10H12N4S/c1-7(8-3-5-15-6-8)13-9-2-4-12-10(11)14-9/h2-7H,1H3,(H3,11,12,13,14). The van der Waals surface area contributed by atoms with Gasteiger partial charge in [-0.3, -0.25) is 0 Å². The number of nitrogen functional groups attached to an aromatic ring is 1. The third kappa shape index (κ3) is 2.44. The number of rotatable bonds is 3. The van der Waals surface area contributed by atoms with Crippen LogP contribution in [-0.2, 0) is 0 Å². The average molecular weight is 220 g/mol. The molecule has 0 fully saturated rings. The Hall–Kier alpha value is -1.62. The van der Waals surface area contributed by atoms with Crippen molar-refractivity contribution in [3.05, 3.63) is 34.7 Å². The average Bonchev–Trinajstić information content (AvgIpc) is 2.70. The summed E-state index contributed by atoms with van der Waals surface area (Å²) in [6.07, 6.45) is 1.64. The van der Waals surface area contributed by atoms with E-state index in [1.807, 2.05) is 0 Å². The van der Waals surface area contributed by atoms with E-state index in [2.05, 4.69) is 39.0 Å². The minimum absolute atomic E-state index is 0.227. The molecular weight excluding hydrogens is 208 g/mol. The molecule has 1 unspecified atom stereocenters. The second-order valence-corrected chi connectivity index (χ2v) is 4.00. The fraction of sp³-hybridized carbons (Fsp3) is 0.200. The Bertz CT molecular complexity index is 427. The molecule has 0 aromatic carbocycles. The lowest BCUT2D eigenvalue weighted by Gasteiger charge is -2.12. The molecule has 0 bridgehead atoms. The van der Waals surface area contributed by atoms with Gasteiger partial charge in [0, 0.05) is 6.20 Å². The summed E-state index contributed by atoms with van der Waals surface area (Å²) < 4.78 is 0. The highest BCUT2D eigenvalue weighted by molar-refractivity contribution is 7.07. The molecule has 2 rings (SSSR count). The van der Waals surface area contributed by atoms with Gasteiger partial charge in [0.2, 0.25) is 5.95 Å². The Balaban J connectivity index is 2.09. The van der Waals surface area contributed by atoms with Crippen molar-refractivity contribution >= 4 is 23.1 Å². The number of nitrogens with zero attached hydrogens (tertiary/aromatic N) is 2. The molecule has 0 saturated heterocycles. The Morgan fingerprint density at radius 2 is 2.33 bits per heavy atom. The lowest BCUT2D eigenvalue weighted by atomic mass is 10.2. The number of hydrogen-bond donors (Lipinski definition) is 2. The number of aromatic nitrogens is 2. The number of anilines is 2. The molecule has 3 N–H and O–H groups in total. The van der Waals surface area contributed by atoms with E-state index >= 15 is 0 Å². The van der Waals surface area contributed by atoms with E-state index in [1.54, 1.807) is 23.6 Å². The van der Waals surface area contributed by atoms with Crippen LogP contribution in [0.25, 0.3) is 0 Å². The second-order valence-electron chi connectivity index (χ2n) is 3.22. The van der Waals surface area contributed by atoms with E-state index < -0.39 is 0 Å². The summed E-state index contributed by atoms with van der Waals surface area (Å²) in [4.78, 5) is 7.92. The van der Waals surface area contributed by atoms with E-state index in [0.29, 0.717) is 0 Å². The maximum atomic E-state index is 5.49. The zero-order chi connectivity index (χ0) is 10.7. The maximum Gasteiger partial charge on any atom is 0.221 e. The molecule has 0 aliphatic rings. The van der Waals surface area contributed by atoms with Crippen LogP contribution >= 0.6 is 11.3 Å². The van der Waals surface area contributed by atoms with Crippen molar-refractivity contribution in [3.8, 4) is 0 Å². The first-order valence-corrected chi connectivity index (χ1v) is 5.57.